The molecule has 0 fully saturated rings. The van der Waals surface area contributed by atoms with Crippen molar-refractivity contribution in [2.24, 2.45) is 0 Å². The fourth-order valence-electron chi connectivity index (χ4n) is 8.07. The van der Waals surface area contributed by atoms with Crippen LogP contribution in [0.3, 0.4) is 0 Å². The lowest BCUT2D eigenvalue weighted by atomic mass is 9.96. The van der Waals surface area contributed by atoms with Crippen molar-refractivity contribution in [3.8, 4) is 39.1 Å². The summed E-state index contributed by atoms with van der Waals surface area (Å²) in [6.45, 7) is 3.17. The second-order valence-electron chi connectivity index (χ2n) is 14.5. The summed E-state index contributed by atoms with van der Waals surface area (Å²) >= 11 is 0. The maximum Gasteiger partial charge on any atom is 0.416 e. The maximum absolute atomic E-state index is 14.7. The SMILES string of the molecule is Cc1cc(-c2ccc3c(c2)c2cc(-c4cc(C)cc(C(F)(F)F)c4)ccc2n3-c2cccc3c2C(=O)N(c2ccccc2-c2ccccc2)C3=O)cc(C(F)(F)F)c1. The first-order valence-corrected chi connectivity index (χ1v) is 18.3. The Morgan fingerprint density at radius 3 is 1.48 bits per heavy atom. The summed E-state index contributed by atoms with van der Waals surface area (Å²) in [5.41, 5.74) is 4.63. The first kappa shape index (κ1) is 36.7. The van der Waals surface area contributed by atoms with E-state index in [9.17, 15) is 35.9 Å². The number of hydrogen-bond donors (Lipinski definition) is 0. The van der Waals surface area contributed by atoms with Gasteiger partial charge >= 0.3 is 12.4 Å². The Labute approximate surface area is 328 Å². The molecule has 4 nitrogen and oxygen atoms in total. The number of fused-ring (bicyclic) bond motifs is 4. The first-order chi connectivity index (χ1) is 27.7. The van der Waals surface area contributed by atoms with Crippen LogP contribution in [0.25, 0.3) is 60.9 Å². The van der Waals surface area contributed by atoms with Crippen molar-refractivity contribution in [1.82, 2.24) is 4.57 Å². The van der Waals surface area contributed by atoms with Gasteiger partial charge < -0.3 is 4.57 Å². The normalized spacial score (nSPS) is 13.2. The minimum atomic E-state index is -4.58. The average Bonchev–Trinajstić information content (AvgIpc) is 3.66. The molecule has 7 aromatic carbocycles. The number of aromatic nitrogens is 1. The molecule has 286 valence electrons. The number of hydrogen-bond acceptors (Lipinski definition) is 2. The van der Waals surface area contributed by atoms with Crippen LogP contribution in [0.1, 0.15) is 43.0 Å². The lowest BCUT2D eigenvalue weighted by molar-refractivity contribution is -0.138. The molecular formula is C48H30F6N2O2. The average molecular weight is 781 g/mol. The molecule has 1 aliphatic heterocycles. The van der Waals surface area contributed by atoms with Crippen molar-refractivity contribution in [2.75, 3.05) is 4.90 Å². The molecule has 0 unspecified atom stereocenters. The molecule has 1 aromatic heterocycles. The van der Waals surface area contributed by atoms with Gasteiger partial charge in [-0.25, -0.2) is 4.90 Å². The molecule has 8 aromatic rings. The number of halogens is 6. The van der Waals surface area contributed by atoms with Gasteiger partial charge in [-0.05, 0) is 120 Å². The lowest BCUT2D eigenvalue weighted by Gasteiger charge is -2.18. The molecule has 0 bridgehead atoms. The minimum absolute atomic E-state index is 0.157. The van der Waals surface area contributed by atoms with E-state index in [1.165, 1.54) is 4.90 Å². The summed E-state index contributed by atoms with van der Waals surface area (Å²) in [4.78, 5) is 30.1. The third kappa shape index (κ3) is 6.12. The predicted octanol–water partition coefficient (Wildman–Crippen LogP) is 13.2. The zero-order valence-corrected chi connectivity index (χ0v) is 30.8. The van der Waals surface area contributed by atoms with Crippen molar-refractivity contribution >= 4 is 39.3 Å². The largest absolute Gasteiger partial charge is 0.416 e. The quantitative estimate of drug-likeness (QED) is 0.129. The Kier molecular flexibility index (Phi) is 8.43. The highest BCUT2D eigenvalue weighted by atomic mass is 19.4. The highest BCUT2D eigenvalue weighted by Crippen LogP contribution is 2.43. The van der Waals surface area contributed by atoms with E-state index in [2.05, 4.69) is 0 Å². The van der Waals surface area contributed by atoms with Crippen LogP contribution in [0.4, 0.5) is 32.0 Å². The fourth-order valence-corrected chi connectivity index (χ4v) is 8.07. The van der Waals surface area contributed by atoms with Gasteiger partial charge in [0.05, 0.1) is 44.7 Å². The third-order valence-electron chi connectivity index (χ3n) is 10.6. The molecule has 10 heteroatoms. The minimum Gasteiger partial charge on any atom is -0.308 e. The molecule has 9 rings (SSSR count). The van der Waals surface area contributed by atoms with Gasteiger partial charge in [0.15, 0.2) is 0 Å². The summed E-state index contributed by atoms with van der Waals surface area (Å²) in [7, 11) is 0. The Bertz CT molecular complexity index is 2880. The van der Waals surface area contributed by atoms with E-state index in [0.717, 1.165) is 29.8 Å². The molecule has 1 aliphatic rings. The van der Waals surface area contributed by atoms with Crippen LogP contribution in [-0.4, -0.2) is 16.4 Å². The molecule has 0 saturated carbocycles. The molecule has 0 radical (unpaired) electrons. The Hall–Kier alpha value is -6.94. The number of amides is 2. The monoisotopic (exact) mass is 780 g/mol. The van der Waals surface area contributed by atoms with Crippen LogP contribution >= 0.6 is 0 Å². The van der Waals surface area contributed by atoms with Crippen LogP contribution in [0.2, 0.25) is 0 Å². The Morgan fingerprint density at radius 1 is 0.431 bits per heavy atom. The van der Waals surface area contributed by atoms with Crippen LogP contribution in [0.15, 0.2) is 146 Å². The van der Waals surface area contributed by atoms with Gasteiger partial charge in [0.1, 0.15) is 0 Å². The molecule has 0 N–H and O–H groups in total. The highest BCUT2D eigenvalue weighted by Gasteiger charge is 2.40. The van der Waals surface area contributed by atoms with E-state index in [0.29, 0.717) is 72.1 Å². The number of carbonyl (C=O) groups is 2. The van der Waals surface area contributed by atoms with Crippen LogP contribution in [0, 0.1) is 13.8 Å². The van der Waals surface area contributed by atoms with E-state index >= 15 is 0 Å². The summed E-state index contributed by atoms with van der Waals surface area (Å²) in [5, 5.41) is 1.16. The summed E-state index contributed by atoms with van der Waals surface area (Å²) in [6, 6.07) is 39.6. The molecule has 2 amide bonds. The van der Waals surface area contributed by atoms with Crippen molar-refractivity contribution in [3.63, 3.8) is 0 Å². The second kappa shape index (κ2) is 13.3. The molecule has 0 spiro atoms. The molecule has 0 aliphatic carbocycles. The van der Waals surface area contributed by atoms with E-state index in [-0.39, 0.29) is 11.1 Å². The van der Waals surface area contributed by atoms with E-state index in [1.807, 2.05) is 47.0 Å². The van der Waals surface area contributed by atoms with Gasteiger partial charge in [-0.1, -0.05) is 78.9 Å². The number of carbonyl (C=O) groups excluding carboxylic acids is 2. The zero-order chi connectivity index (χ0) is 40.7. The molecule has 0 saturated heterocycles. The van der Waals surface area contributed by atoms with Gasteiger partial charge in [0, 0.05) is 16.3 Å². The molecule has 2 heterocycles. The summed E-state index contributed by atoms with van der Waals surface area (Å²) in [6.07, 6.45) is -9.15. The number of anilines is 1. The zero-order valence-electron chi connectivity index (χ0n) is 30.8. The van der Waals surface area contributed by atoms with Gasteiger partial charge in [0.2, 0.25) is 0 Å². The number of aryl methyl sites for hydroxylation is 2. The number of benzene rings is 7. The van der Waals surface area contributed by atoms with Gasteiger partial charge in [-0.2, -0.15) is 26.3 Å². The van der Waals surface area contributed by atoms with Crippen molar-refractivity contribution in [2.45, 2.75) is 26.2 Å². The number of para-hydroxylation sites is 1. The third-order valence-corrected chi connectivity index (χ3v) is 10.6. The van der Waals surface area contributed by atoms with Crippen LogP contribution in [0.5, 0.6) is 0 Å². The smallest absolute Gasteiger partial charge is 0.308 e. The van der Waals surface area contributed by atoms with Crippen LogP contribution in [-0.2, 0) is 12.4 Å². The summed E-state index contributed by atoms with van der Waals surface area (Å²) < 4.78 is 85.4. The number of rotatable bonds is 5. The second-order valence-corrected chi connectivity index (χ2v) is 14.5. The Balaban J connectivity index is 1.27. The van der Waals surface area contributed by atoms with E-state index in [4.69, 9.17) is 0 Å². The highest BCUT2D eigenvalue weighted by molar-refractivity contribution is 6.36. The number of imide groups is 1. The molecule has 0 atom stereocenters. The fraction of sp³-hybridized carbons (Fsp3) is 0.0833. The van der Waals surface area contributed by atoms with Crippen molar-refractivity contribution < 1.29 is 35.9 Å². The topological polar surface area (TPSA) is 42.3 Å². The molecule has 58 heavy (non-hydrogen) atoms. The number of alkyl halides is 6. The van der Waals surface area contributed by atoms with Gasteiger partial charge in [0.25, 0.3) is 11.8 Å². The maximum atomic E-state index is 14.7. The van der Waals surface area contributed by atoms with Gasteiger partial charge in [-0.3, -0.25) is 9.59 Å². The predicted molar refractivity (Wildman–Crippen MR) is 214 cm³/mol. The van der Waals surface area contributed by atoms with Gasteiger partial charge in [-0.15, -0.1) is 0 Å². The lowest BCUT2D eigenvalue weighted by Crippen LogP contribution is -2.30. The molecular weight excluding hydrogens is 751 g/mol. The van der Waals surface area contributed by atoms with E-state index in [1.54, 1.807) is 92.7 Å². The standard InChI is InChI=1S/C48H30F6N2O2/c1-27-19-32(23-34(21-27)47(49,50)51)30-15-17-41-38(25-30)39-26-31(33-20-28(2)22-35(24-33)48(52,53)54)16-18-42(39)55(41)43-14-8-12-37-44(43)46(58)56(45(37)57)40-13-7-6-11-36(40)29-9-4-3-5-10-29/h3-26H,1-2H3. The first-order valence-electron chi connectivity index (χ1n) is 18.3. The van der Waals surface area contributed by atoms with Crippen LogP contribution < -0.4 is 4.90 Å². The Morgan fingerprint density at radius 2 is 0.931 bits per heavy atom. The number of nitrogens with zero attached hydrogens (tertiary/aromatic N) is 2. The van der Waals surface area contributed by atoms with Crippen molar-refractivity contribution in [3.05, 3.63) is 179 Å². The van der Waals surface area contributed by atoms with Crippen molar-refractivity contribution in [1.29, 1.82) is 0 Å². The van der Waals surface area contributed by atoms with E-state index < -0.39 is 35.3 Å². The summed E-state index contributed by atoms with van der Waals surface area (Å²) in [5.74, 6) is -1.04.